The van der Waals surface area contributed by atoms with Crippen LogP contribution in [0.15, 0.2) is 36.5 Å². The quantitative estimate of drug-likeness (QED) is 0.0246. The highest BCUT2D eigenvalue weighted by molar-refractivity contribution is 5.77. The number of amides is 1. The van der Waals surface area contributed by atoms with Crippen molar-refractivity contribution in [3.63, 3.8) is 0 Å². The van der Waals surface area contributed by atoms with Crippen molar-refractivity contribution in [1.29, 1.82) is 0 Å². The van der Waals surface area contributed by atoms with Gasteiger partial charge >= 0.3 is 5.97 Å². The molecule has 6 nitrogen and oxygen atoms in total. The number of unbranched alkanes of at least 4 members (excludes halogenated alkanes) is 29. The van der Waals surface area contributed by atoms with Gasteiger partial charge in [-0.1, -0.05) is 218 Å². The van der Waals surface area contributed by atoms with Crippen LogP contribution in [0.3, 0.4) is 0 Å². The van der Waals surface area contributed by atoms with Crippen LogP contribution in [0.5, 0.6) is 0 Å². The molecule has 6 heteroatoms. The molecule has 0 aliphatic rings. The molecule has 0 spiro atoms. The normalized spacial score (nSPS) is 13.5. The summed E-state index contributed by atoms with van der Waals surface area (Å²) in [6.45, 7) is 6.46. The molecular weight excluding hydrogens is 731 g/mol. The van der Waals surface area contributed by atoms with E-state index in [9.17, 15) is 19.8 Å². The van der Waals surface area contributed by atoms with E-state index in [-0.39, 0.29) is 24.9 Å². The second-order valence-corrected chi connectivity index (χ2v) is 17.6. The van der Waals surface area contributed by atoms with Gasteiger partial charge in [0.15, 0.2) is 0 Å². The summed E-state index contributed by atoms with van der Waals surface area (Å²) in [4.78, 5) is 26.1. The number of nitrogens with one attached hydrogen (secondary N) is 1. The highest BCUT2D eigenvalue weighted by Crippen LogP contribution is 2.17. The molecule has 0 aromatic heterocycles. The summed E-state index contributed by atoms with van der Waals surface area (Å²) in [6, 6.07) is -0.712. The average Bonchev–Trinajstić information content (AvgIpc) is 3.23. The first-order chi connectivity index (χ1) is 29.0. The second-order valence-electron chi connectivity index (χ2n) is 17.6. The molecule has 0 aromatic rings. The Morgan fingerprint density at radius 1 is 0.492 bits per heavy atom. The Labute approximate surface area is 366 Å². The van der Waals surface area contributed by atoms with Gasteiger partial charge in [0.2, 0.25) is 5.91 Å². The topological polar surface area (TPSA) is 95.9 Å². The molecule has 0 radical (unpaired) electrons. The van der Waals surface area contributed by atoms with E-state index in [0.717, 1.165) is 70.6 Å². The Bertz CT molecular complexity index is 977. The molecule has 346 valence electrons. The van der Waals surface area contributed by atoms with Gasteiger partial charge in [-0.2, -0.15) is 0 Å². The lowest BCUT2D eigenvalue weighted by Gasteiger charge is -2.24. The van der Waals surface area contributed by atoms with Gasteiger partial charge in [-0.3, -0.25) is 9.59 Å². The van der Waals surface area contributed by atoms with Crippen molar-refractivity contribution in [3.8, 4) is 0 Å². The predicted octanol–water partition coefficient (Wildman–Crippen LogP) is 15.3. The van der Waals surface area contributed by atoms with Gasteiger partial charge in [-0.15, -0.1) is 0 Å². The Kier molecular flexibility index (Phi) is 45.6. The van der Waals surface area contributed by atoms with E-state index >= 15 is 0 Å². The number of rotatable bonds is 46. The van der Waals surface area contributed by atoms with Crippen molar-refractivity contribution < 1.29 is 24.5 Å². The monoisotopic (exact) mass is 830 g/mol. The average molecular weight is 830 g/mol. The van der Waals surface area contributed by atoms with Crippen molar-refractivity contribution in [1.82, 2.24) is 5.32 Å². The van der Waals surface area contributed by atoms with E-state index < -0.39 is 18.2 Å². The molecule has 0 aliphatic heterocycles. The van der Waals surface area contributed by atoms with Gasteiger partial charge < -0.3 is 20.3 Å². The van der Waals surface area contributed by atoms with Crippen LogP contribution in [0.4, 0.5) is 0 Å². The Morgan fingerprint density at radius 2 is 0.881 bits per heavy atom. The number of carbonyl (C=O) groups is 2. The minimum Gasteiger partial charge on any atom is -0.462 e. The summed E-state index contributed by atoms with van der Waals surface area (Å²) in [5.74, 6) is -0.528. The number of aliphatic hydroxyl groups is 2. The van der Waals surface area contributed by atoms with E-state index in [4.69, 9.17) is 4.74 Å². The summed E-state index contributed by atoms with van der Waals surface area (Å²) in [5, 5.41) is 23.7. The number of hydrogen-bond acceptors (Lipinski definition) is 5. The molecule has 0 aromatic carbocycles. The summed E-state index contributed by atoms with van der Waals surface area (Å²) < 4.78 is 5.90. The molecule has 0 fully saturated rings. The first-order valence-electron chi connectivity index (χ1n) is 25.7. The largest absolute Gasteiger partial charge is 0.462 e. The van der Waals surface area contributed by atoms with Crippen LogP contribution < -0.4 is 5.32 Å². The zero-order chi connectivity index (χ0) is 43.1. The Morgan fingerprint density at radius 3 is 1.34 bits per heavy atom. The van der Waals surface area contributed by atoms with Crippen LogP contribution in [0.2, 0.25) is 0 Å². The summed E-state index contributed by atoms with van der Waals surface area (Å²) in [5.41, 5.74) is 0. The predicted molar refractivity (Wildman–Crippen MR) is 255 cm³/mol. The van der Waals surface area contributed by atoms with Gasteiger partial charge in [0.1, 0.15) is 6.10 Å². The Hall–Kier alpha value is -1.92. The summed E-state index contributed by atoms with van der Waals surface area (Å²) in [7, 11) is 0. The second kappa shape index (κ2) is 47.1. The maximum absolute atomic E-state index is 13.2. The molecule has 0 saturated heterocycles. The van der Waals surface area contributed by atoms with Crippen molar-refractivity contribution in [2.45, 2.75) is 283 Å². The molecule has 59 heavy (non-hydrogen) atoms. The summed E-state index contributed by atoms with van der Waals surface area (Å²) >= 11 is 0. The molecule has 1 amide bonds. The lowest BCUT2D eigenvalue weighted by atomic mass is 10.0. The molecule has 0 aliphatic carbocycles. The third kappa shape index (κ3) is 42.6. The van der Waals surface area contributed by atoms with Gasteiger partial charge in [0.25, 0.3) is 0 Å². The van der Waals surface area contributed by atoms with Crippen LogP contribution in [-0.2, 0) is 14.3 Å². The van der Waals surface area contributed by atoms with E-state index in [1.807, 2.05) is 0 Å². The zero-order valence-electron chi connectivity index (χ0n) is 39.4. The smallest absolute Gasteiger partial charge is 0.306 e. The zero-order valence-corrected chi connectivity index (χ0v) is 39.4. The third-order valence-electron chi connectivity index (χ3n) is 11.7. The van der Waals surface area contributed by atoms with Crippen LogP contribution in [0.25, 0.3) is 0 Å². The van der Waals surface area contributed by atoms with Gasteiger partial charge in [0, 0.05) is 6.42 Å². The highest BCUT2D eigenvalue weighted by atomic mass is 16.5. The van der Waals surface area contributed by atoms with E-state index in [0.29, 0.717) is 19.3 Å². The number of aliphatic hydroxyl groups excluding tert-OH is 2. The number of esters is 1. The SMILES string of the molecule is CCCCCCCCC/C=C\CCCC(CC(=O)NC(CO)C(O)CCCCCCCCCCCCCC)OC(=O)CCCCC/C=C/C=C/CCCCCCCCC. The van der Waals surface area contributed by atoms with Crippen LogP contribution in [0.1, 0.15) is 265 Å². The number of hydrogen-bond donors (Lipinski definition) is 3. The van der Waals surface area contributed by atoms with Crippen molar-refractivity contribution in [3.05, 3.63) is 36.5 Å². The maximum atomic E-state index is 13.2. The first-order valence-corrected chi connectivity index (χ1v) is 25.7. The summed E-state index contributed by atoms with van der Waals surface area (Å²) in [6.07, 6.45) is 54.9. The van der Waals surface area contributed by atoms with Gasteiger partial charge in [-0.25, -0.2) is 0 Å². The fraction of sp³-hybridized carbons (Fsp3) is 0.849. The first kappa shape index (κ1) is 57.1. The maximum Gasteiger partial charge on any atom is 0.306 e. The molecule has 0 heterocycles. The number of allylic oxidation sites excluding steroid dienone is 6. The van der Waals surface area contributed by atoms with Crippen molar-refractivity contribution in [2.24, 2.45) is 0 Å². The van der Waals surface area contributed by atoms with E-state index in [1.165, 1.54) is 148 Å². The van der Waals surface area contributed by atoms with Crippen LogP contribution >= 0.6 is 0 Å². The lowest BCUT2D eigenvalue weighted by molar-refractivity contribution is -0.151. The molecular formula is C53H99NO5. The molecule has 3 unspecified atom stereocenters. The van der Waals surface area contributed by atoms with Crippen LogP contribution in [0, 0.1) is 0 Å². The molecule has 0 saturated carbocycles. The van der Waals surface area contributed by atoms with Crippen molar-refractivity contribution in [2.75, 3.05) is 6.61 Å². The molecule has 3 N–H and O–H groups in total. The van der Waals surface area contributed by atoms with Crippen molar-refractivity contribution >= 4 is 11.9 Å². The van der Waals surface area contributed by atoms with E-state index in [2.05, 4.69) is 62.5 Å². The molecule has 0 rings (SSSR count). The highest BCUT2D eigenvalue weighted by Gasteiger charge is 2.24. The molecule has 3 atom stereocenters. The van der Waals surface area contributed by atoms with Gasteiger partial charge in [-0.05, 0) is 70.6 Å². The minimum absolute atomic E-state index is 0.0482. The molecule has 0 bridgehead atoms. The lowest BCUT2D eigenvalue weighted by Crippen LogP contribution is -2.46. The minimum atomic E-state index is -0.796. The van der Waals surface area contributed by atoms with Gasteiger partial charge in [0.05, 0.1) is 25.2 Å². The van der Waals surface area contributed by atoms with E-state index in [1.54, 1.807) is 0 Å². The number of carbonyl (C=O) groups excluding carboxylic acids is 2. The number of ether oxygens (including phenoxy) is 1. The fourth-order valence-electron chi connectivity index (χ4n) is 7.77. The third-order valence-corrected chi connectivity index (χ3v) is 11.7. The Balaban J connectivity index is 4.62. The fourth-order valence-corrected chi connectivity index (χ4v) is 7.77. The van der Waals surface area contributed by atoms with Crippen LogP contribution in [-0.4, -0.2) is 46.9 Å². The standard InChI is InChI=1S/C53H99NO5/c1-4-7-10-13-16-19-22-25-26-27-28-31-34-37-40-43-46-53(58)59-49(44-41-38-35-32-29-23-20-17-14-11-8-5-2)47-52(57)54-50(48-55)51(56)45-42-39-36-33-30-24-21-18-15-12-9-6-3/h26-28,31-32,35,49-51,55-56H,4-25,29-30,33-34,36-48H2,1-3H3,(H,54,57)/b27-26+,31-28+,35-32-.